The standard InChI is InChI=1S/C7H5ClIN3/c1-4-2-6-10-3-5(9)12(6)11-7(4)8/h2-3H,1H3. The van der Waals surface area contributed by atoms with Crippen molar-refractivity contribution in [3.05, 3.63) is 26.7 Å². The second-order valence-electron chi connectivity index (χ2n) is 2.47. The van der Waals surface area contributed by atoms with Crippen molar-refractivity contribution in [3.8, 4) is 0 Å². The van der Waals surface area contributed by atoms with Crippen LogP contribution in [0.5, 0.6) is 0 Å². The zero-order valence-corrected chi connectivity index (χ0v) is 9.17. The van der Waals surface area contributed by atoms with E-state index >= 15 is 0 Å². The van der Waals surface area contributed by atoms with Crippen molar-refractivity contribution in [1.82, 2.24) is 14.6 Å². The van der Waals surface area contributed by atoms with Gasteiger partial charge in [-0.05, 0) is 41.1 Å². The molecule has 0 bridgehead atoms. The zero-order valence-electron chi connectivity index (χ0n) is 6.25. The molecule has 0 aromatic carbocycles. The van der Waals surface area contributed by atoms with Crippen molar-refractivity contribution in [2.24, 2.45) is 0 Å². The van der Waals surface area contributed by atoms with E-state index < -0.39 is 0 Å². The van der Waals surface area contributed by atoms with Crippen LogP contribution in [-0.4, -0.2) is 14.6 Å². The van der Waals surface area contributed by atoms with Gasteiger partial charge >= 0.3 is 0 Å². The average Bonchev–Trinajstić information content (AvgIpc) is 2.35. The molecule has 3 nitrogen and oxygen atoms in total. The van der Waals surface area contributed by atoms with Gasteiger partial charge in [0.05, 0.1) is 6.20 Å². The predicted octanol–water partition coefficient (Wildman–Crippen LogP) is 2.30. The lowest BCUT2D eigenvalue weighted by Gasteiger charge is -1.97. The van der Waals surface area contributed by atoms with Gasteiger partial charge in [-0.25, -0.2) is 9.50 Å². The molecule has 0 atom stereocenters. The van der Waals surface area contributed by atoms with Gasteiger partial charge in [0.25, 0.3) is 0 Å². The maximum Gasteiger partial charge on any atom is 0.155 e. The highest BCUT2D eigenvalue weighted by molar-refractivity contribution is 14.1. The molecule has 0 aliphatic carbocycles. The lowest BCUT2D eigenvalue weighted by atomic mass is 10.3. The van der Waals surface area contributed by atoms with Gasteiger partial charge in [0.1, 0.15) is 3.70 Å². The number of rotatable bonds is 0. The smallest absolute Gasteiger partial charge is 0.155 e. The summed E-state index contributed by atoms with van der Waals surface area (Å²) in [6, 6.07) is 1.91. The maximum atomic E-state index is 5.85. The lowest BCUT2D eigenvalue weighted by molar-refractivity contribution is 0.906. The van der Waals surface area contributed by atoms with Crippen molar-refractivity contribution in [2.75, 3.05) is 0 Å². The normalized spacial score (nSPS) is 10.9. The van der Waals surface area contributed by atoms with Crippen LogP contribution in [0.1, 0.15) is 5.56 Å². The highest BCUT2D eigenvalue weighted by Gasteiger charge is 2.04. The fourth-order valence-corrected chi connectivity index (χ4v) is 1.58. The van der Waals surface area contributed by atoms with E-state index in [0.717, 1.165) is 14.9 Å². The van der Waals surface area contributed by atoms with Crippen LogP contribution in [0.25, 0.3) is 5.65 Å². The van der Waals surface area contributed by atoms with Gasteiger partial charge < -0.3 is 0 Å². The van der Waals surface area contributed by atoms with Crippen LogP contribution < -0.4 is 0 Å². The number of nitrogens with zero attached hydrogens (tertiary/aromatic N) is 3. The summed E-state index contributed by atoms with van der Waals surface area (Å²) in [6.07, 6.45) is 1.76. The molecule has 2 heterocycles. The Hall–Kier alpha value is -0.360. The van der Waals surface area contributed by atoms with E-state index in [1.54, 1.807) is 10.7 Å². The Balaban J connectivity index is 2.87. The summed E-state index contributed by atoms with van der Waals surface area (Å²) >= 11 is 8.01. The van der Waals surface area contributed by atoms with Crippen molar-refractivity contribution < 1.29 is 0 Å². The van der Waals surface area contributed by atoms with E-state index in [1.165, 1.54) is 0 Å². The monoisotopic (exact) mass is 293 g/mol. The van der Waals surface area contributed by atoms with Crippen LogP contribution >= 0.6 is 34.2 Å². The summed E-state index contributed by atoms with van der Waals surface area (Å²) in [5.41, 5.74) is 1.78. The average molecular weight is 293 g/mol. The predicted molar refractivity (Wildman–Crippen MR) is 55.5 cm³/mol. The van der Waals surface area contributed by atoms with Gasteiger partial charge in [-0.1, -0.05) is 11.6 Å². The van der Waals surface area contributed by atoms with E-state index in [9.17, 15) is 0 Å². The van der Waals surface area contributed by atoms with Crippen LogP contribution in [0.15, 0.2) is 12.3 Å². The van der Waals surface area contributed by atoms with Crippen LogP contribution in [0.4, 0.5) is 0 Å². The molecule has 0 aliphatic heterocycles. The minimum absolute atomic E-state index is 0.526. The number of hydrogen-bond donors (Lipinski definition) is 0. The molecule has 0 saturated heterocycles. The van der Waals surface area contributed by atoms with Gasteiger partial charge in [-0.15, -0.1) is 0 Å². The van der Waals surface area contributed by atoms with E-state index in [2.05, 4.69) is 32.7 Å². The molecule has 0 saturated carbocycles. The van der Waals surface area contributed by atoms with Crippen LogP contribution in [-0.2, 0) is 0 Å². The van der Waals surface area contributed by atoms with Crippen LogP contribution in [0, 0.1) is 10.6 Å². The number of fused-ring (bicyclic) bond motifs is 1. The molecular formula is C7H5ClIN3. The lowest BCUT2D eigenvalue weighted by Crippen LogP contribution is -1.95. The van der Waals surface area contributed by atoms with E-state index in [-0.39, 0.29) is 0 Å². The second-order valence-corrected chi connectivity index (χ2v) is 3.93. The van der Waals surface area contributed by atoms with Crippen LogP contribution in [0.3, 0.4) is 0 Å². The molecule has 0 aliphatic rings. The Bertz CT molecular complexity index is 437. The Morgan fingerprint density at radius 1 is 1.58 bits per heavy atom. The number of hydrogen-bond acceptors (Lipinski definition) is 2. The first-order valence-corrected chi connectivity index (χ1v) is 4.80. The summed E-state index contributed by atoms with van der Waals surface area (Å²) < 4.78 is 2.68. The molecular weight excluding hydrogens is 288 g/mol. The molecule has 62 valence electrons. The Labute approximate surface area is 87.9 Å². The summed E-state index contributed by atoms with van der Waals surface area (Å²) in [6.45, 7) is 1.91. The molecule has 0 amide bonds. The highest BCUT2D eigenvalue weighted by Crippen LogP contribution is 2.15. The third-order valence-corrected chi connectivity index (χ3v) is 2.69. The van der Waals surface area contributed by atoms with Gasteiger partial charge in [-0.3, -0.25) is 0 Å². The number of aromatic nitrogens is 3. The van der Waals surface area contributed by atoms with Gasteiger partial charge in [0.15, 0.2) is 10.8 Å². The minimum atomic E-state index is 0.526. The first-order valence-electron chi connectivity index (χ1n) is 3.35. The molecule has 2 rings (SSSR count). The first kappa shape index (κ1) is 8.25. The Kier molecular flexibility index (Phi) is 1.96. The first-order chi connectivity index (χ1) is 5.68. The topological polar surface area (TPSA) is 30.2 Å². The minimum Gasteiger partial charge on any atom is -0.234 e. The van der Waals surface area contributed by atoms with Gasteiger partial charge in [-0.2, -0.15) is 5.10 Å². The molecule has 0 N–H and O–H groups in total. The molecule has 2 aromatic rings. The van der Waals surface area contributed by atoms with E-state index in [1.807, 2.05) is 13.0 Å². The molecule has 0 fully saturated rings. The summed E-state index contributed by atoms with van der Waals surface area (Å²) in [7, 11) is 0. The van der Waals surface area contributed by atoms with Crippen molar-refractivity contribution >= 4 is 39.8 Å². The van der Waals surface area contributed by atoms with E-state index in [4.69, 9.17) is 11.6 Å². The quantitative estimate of drug-likeness (QED) is 0.698. The fourth-order valence-electron chi connectivity index (χ4n) is 0.955. The second kappa shape index (κ2) is 2.85. The fraction of sp³-hybridized carbons (Fsp3) is 0.143. The van der Waals surface area contributed by atoms with E-state index in [0.29, 0.717) is 5.15 Å². The number of aryl methyl sites for hydroxylation is 1. The Morgan fingerprint density at radius 2 is 2.33 bits per heavy atom. The third-order valence-electron chi connectivity index (χ3n) is 1.58. The zero-order chi connectivity index (χ0) is 8.72. The highest BCUT2D eigenvalue weighted by atomic mass is 127. The van der Waals surface area contributed by atoms with Gasteiger partial charge in [0.2, 0.25) is 0 Å². The summed E-state index contributed by atoms with van der Waals surface area (Å²) in [5.74, 6) is 0. The maximum absolute atomic E-state index is 5.85. The van der Waals surface area contributed by atoms with Gasteiger partial charge in [0, 0.05) is 0 Å². The van der Waals surface area contributed by atoms with Crippen LogP contribution in [0.2, 0.25) is 5.15 Å². The summed E-state index contributed by atoms with van der Waals surface area (Å²) in [4.78, 5) is 4.15. The number of imidazole rings is 1. The molecule has 2 aromatic heterocycles. The molecule has 5 heteroatoms. The largest absolute Gasteiger partial charge is 0.234 e. The molecule has 12 heavy (non-hydrogen) atoms. The van der Waals surface area contributed by atoms with Crippen molar-refractivity contribution in [3.63, 3.8) is 0 Å². The third kappa shape index (κ3) is 1.19. The van der Waals surface area contributed by atoms with Crippen molar-refractivity contribution in [2.45, 2.75) is 6.92 Å². The SMILES string of the molecule is Cc1cc2ncc(I)n2nc1Cl. The molecule has 0 unspecified atom stereocenters. The summed E-state index contributed by atoms with van der Waals surface area (Å²) in [5, 5.41) is 4.67. The molecule has 0 spiro atoms. The van der Waals surface area contributed by atoms with Crippen molar-refractivity contribution in [1.29, 1.82) is 0 Å². The number of halogens is 2. The Morgan fingerprint density at radius 3 is 3.08 bits per heavy atom. The molecule has 0 radical (unpaired) electrons.